The Labute approximate surface area is 247 Å². The number of carbonyl (C=O) groups excluding carboxylic acids is 4. The SMILES string of the molecule is Cc1nn(CCNC(=O)[C@@H]2CCC(=O)NC3(CCCC3)C(=O)N[C@H](C(C)C)COc3ccccc3C(=O)N2)c(C)c1C. The molecule has 1 spiro atoms. The quantitative estimate of drug-likeness (QED) is 0.428. The standard InChI is InChI=1S/C31H44N6O5/c1-19(2)25-18-42-26-11-7-6-10-23(26)28(39)33-24(29(40)32-16-17-37-22(5)20(3)21(4)36-37)12-13-27(38)35-31(30(41)34-25)14-8-9-15-31/h6-7,10-11,19,24-25H,8-9,12-18H2,1-5H3,(H,32,40)(H,33,39)(H,34,41)(H,35,38)/t24-,25-/m0/s1. The Balaban J connectivity index is 1.56. The van der Waals surface area contributed by atoms with Crippen LogP contribution in [0.5, 0.6) is 5.75 Å². The average molecular weight is 581 g/mol. The van der Waals surface area contributed by atoms with E-state index in [0.29, 0.717) is 31.7 Å². The van der Waals surface area contributed by atoms with E-state index in [-0.39, 0.29) is 48.8 Å². The summed E-state index contributed by atoms with van der Waals surface area (Å²) in [7, 11) is 0. The Morgan fingerprint density at radius 1 is 1.12 bits per heavy atom. The van der Waals surface area contributed by atoms with Crippen molar-refractivity contribution in [1.29, 1.82) is 0 Å². The van der Waals surface area contributed by atoms with Gasteiger partial charge in [-0.25, -0.2) is 0 Å². The fraction of sp³-hybridized carbons (Fsp3) is 0.581. The van der Waals surface area contributed by atoms with Crippen LogP contribution in [0.4, 0.5) is 0 Å². The number of hydrogen-bond acceptors (Lipinski definition) is 6. The maximum atomic E-state index is 13.6. The first kappa shape index (κ1) is 31.1. The minimum atomic E-state index is -0.999. The van der Waals surface area contributed by atoms with E-state index in [2.05, 4.69) is 26.4 Å². The highest BCUT2D eigenvalue weighted by Crippen LogP contribution is 2.31. The second kappa shape index (κ2) is 13.4. The van der Waals surface area contributed by atoms with Crippen LogP contribution in [0.3, 0.4) is 0 Å². The number of carbonyl (C=O) groups is 4. The van der Waals surface area contributed by atoms with Crippen LogP contribution in [-0.2, 0) is 20.9 Å². The Hall–Kier alpha value is -3.89. The van der Waals surface area contributed by atoms with Gasteiger partial charge in [-0.15, -0.1) is 0 Å². The Morgan fingerprint density at radius 3 is 2.50 bits per heavy atom. The van der Waals surface area contributed by atoms with Crippen LogP contribution < -0.4 is 26.0 Å². The van der Waals surface area contributed by atoms with Gasteiger partial charge in [-0.3, -0.25) is 23.9 Å². The van der Waals surface area contributed by atoms with Crippen molar-refractivity contribution in [2.24, 2.45) is 5.92 Å². The number of ether oxygens (including phenoxy) is 1. The van der Waals surface area contributed by atoms with Gasteiger partial charge in [-0.1, -0.05) is 38.8 Å². The van der Waals surface area contributed by atoms with E-state index in [0.717, 1.165) is 29.8 Å². The zero-order valence-electron chi connectivity index (χ0n) is 25.3. The summed E-state index contributed by atoms with van der Waals surface area (Å²) < 4.78 is 7.93. The van der Waals surface area contributed by atoms with Crippen molar-refractivity contribution in [2.45, 2.75) is 97.3 Å². The van der Waals surface area contributed by atoms with Crippen LogP contribution >= 0.6 is 0 Å². The topological polar surface area (TPSA) is 143 Å². The van der Waals surface area contributed by atoms with E-state index >= 15 is 0 Å². The number of aryl methyl sites for hydroxylation is 1. The van der Waals surface area contributed by atoms with Crippen LogP contribution in [0.15, 0.2) is 24.3 Å². The number of hydrogen-bond donors (Lipinski definition) is 4. The molecule has 1 aromatic carbocycles. The lowest BCUT2D eigenvalue weighted by Gasteiger charge is -2.32. The first-order valence-corrected chi connectivity index (χ1v) is 14.9. The first-order chi connectivity index (χ1) is 20.0. The lowest BCUT2D eigenvalue weighted by Crippen LogP contribution is -2.60. The molecule has 2 heterocycles. The molecule has 0 radical (unpaired) electrons. The molecule has 1 saturated carbocycles. The van der Waals surface area contributed by atoms with Gasteiger partial charge < -0.3 is 26.0 Å². The van der Waals surface area contributed by atoms with E-state index in [9.17, 15) is 19.2 Å². The van der Waals surface area contributed by atoms with E-state index < -0.39 is 23.4 Å². The third kappa shape index (κ3) is 7.11. The van der Waals surface area contributed by atoms with Crippen LogP contribution in [-0.4, -0.2) is 64.2 Å². The van der Waals surface area contributed by atoms with Crippen LogP contribution in [0.2, 0.25) is 0 Å². The summed E-state index contributed by atoms with van der Waals surface area (Å²) in [6.45, 7) is 10.8. The molecule has 2 aliphatic rings. The second-order valence-electron chi connectivity index (χ2n) is 11.8. The lowest BCUT2D eigenvalue weighted by molar-refractivity contribution is -0.134. The van der Waals surface area contributed by atoms with Gasteiger partial charge >= 0.3 is 0 Å². The molecule has 11 heteroatoms. The summed E-state index contributed by atoms with van der Waals surface area (Å²) >= 11 is 0. The number of para-hydroxylation sites is 1. The molecule has 2 atom stereocenters. The molecule has 1 aliphatic heterocycles. The van der Waals surface area contributed by atoms with Gasteiger partial charge in [0, 0.05) is 18.7 Å². The van der Waals surface area contributed by atoms with Crippen LogP contribution in [0.25, 0.3) is 0 Å². The molecule has 42 heavy (non-hydrogen) atoms. The number of amides is 4. The van der Waals surface area contributed by atoms with Gasteiger partial charge in [-0.2, -0.15) is 5.10 Å². The molecule has 4 amide bonds. The van der Waals surface area contributed by atoms with Gasteiger partial charge in [0.05, 0.1) is 23.8 Å². The molecule has 228 valence electrons. The number of benzene rings is 1. The average Bonchev–Trinajstić information content (AvgIpc) is 3.53. The second-order valence-corrected chi connectivity index (χ2v) is 11.8. The molecular formula is C31H44N6O5. The summed E-state index contributed by atoms with van der Waals surface area (Å²) in [5, 5.41) is 16.3. The molecule has 2 aromatic rings. The molecule has 0 bridgehead atoms. The molecule has 1 aliphatic carbocycles. The summed E-state index contributed by atoms with van der Waals surface area (Å²) in [5.74, 6) is -1.02. The van der Waals surface area contributed by atoms with Gasteiger partial charge in [0.2, 0.25) is 17.7 Å². The summed E-state index contributed by atoms with van der Waals surface area (Å²) in [6, 6.07) is 5.51. The Bertz CT molecular complexity index is 1310. The monoisotopic (exact) mass is 580 g/mol. The van der Waals surface area contributed by atoms with Crippen molar-refractivity contribution in [3.8, 4) is 5.75 Å². The maximum absolute atomic E-state index is 13.6. The summed E-state index contributed by atoms with van der Waals surface area (Å²) in [5.41, 5.74) is 2.35. The molecular weight excluding hydrogens is 536 g/mol. The number of nitrogens with zero attached hydrogens (tertiary/aromatic N) is 2. The van der Waals surface area contributed by atoms with Crippen LogP contribution in [0, 0.1) is 26.7 Å². The van der Waals surface area contributed by atoms with Crippen molar-refractivity contribution >= 4 is 23.6 Å². The molecule has 0 saturated heterocycles. The number of rotatable bonds is 5. The molecule has 1 aromatic heterocycles. The number of nitrogens with one attached hydrogen (secondary N) is 4. The van der Waals surface area contributed by atoms with E-state index in [1.54, 1.807) is 24.3 Å². The highest BCUT2D eigenvalue weighted by Gasteiger charge is 2.43. The van der Waals surface area contributed by atoms with Crippen molar-refractivity contribution in [1.82, 2.24) is 31.0 Å². The zero-order valence-corrected chi connectivity index (χ0v) is 25.3. The lowest BCUT2D eigenvalue weighted by atomic mass is 9.94. The number of fused-ring (bicyclic) bond motifs is 1. The predicted molar refractivity (Wildman–Crippen MR) is 158 cm³/mol. The Kier molecular flexibility index (Phi) is 9.90. The third-order valence-electron chi connectivity index (χ3n) is 8.59. The van der Waals surface area contributed by atoms with Crippen molar-refractivity contribution in [3.63, 3.8) is 0 Å². The van der Waals surface area contributed by atoms with E-state index in [1.807, 2.05) is 39.3 Å². The molecule has 4 rings (SSSR count). The highest BCUT2D eigenvalue weighted by atomic mass is 16.5. The largest absolute Gasteiger partial charge is 0.491 e. The first-order valence-electron chi connectivity index (χ1n) is 14.9. The van der Waals surface area contributed by atoms with Crippen molar-refractivity contribution in [2.75, 3.05) is 13.2 Å². The normalized spacial score (nSPS) is 21.4. The van der Waals surface area contributed by atoms with E-state index in [1.165, 1.54) is 0 Å². The predicted octanol–water partition coefficient (Wildman–Crippen LogP) is 2.47. The maximum Gasteiger partial charge on any atom is 0.255 e. The van der Waals surface area contributed by atoms with Crippen molar-refractivity contribution in [3.05, 3.63) is 46.8 Å². The van der Waals surface area contributed by atoms with Gasteiger partial charge in [0.15, 0.2) is 0 Å². The van der Waals surface area contributed by atoms with Crippen LogP contribution in [0.1, 0.15) is 79.7 Å². The molecule has 1 fully saturated rings. The minimum Gasteiger partial charge on any atom is -0.491 e. The van der Waals surface area contributed by atoms with E-state index in [4.69, 9.17) is 4.74 Å². The molecule has 0 unspecified atom stereocenters. The summed E-state index contributed by atoms with van der Waals surface area (Å²) in [4.78, 5) is 53.5. The minimum absolute atomic E-state index is 0.0319. The molecule has 4 N–H and O–H groups in total. The van der Waals surface area contributed by atoms with Gasteiger partial charge in [-0.05, 0) is 63.6 Å². The zero-order chi connectivity index (χ0) is 30.4. The highest BCUT2D eigenvalue weighted by molar-refractivity contribution is 6.00. The van der Waals surface area contributed by atoms with Gasteiger partial charge in [0.1, 0.15) is 23.9 Å². The van der Waals surface area contributed by atoms with Gasteiger partial charge in [0.25, 0.3) is 5.91 Å². The Morgan fingerprint density at radius 2 is 1.83 bits per heavy atom. The fourth-order valence-electron chi connectivity index (χ4n) is 5.58. The summed E-state index contributed by atoms with van der Waals surface area (Å²) in [6.07, 6.45) is 2.80. The smallest absolute Gasteiger partial charge is 0.255 e. The molecule has 11 nitrogen and oxygen atoms in total. The number of aromatic nitrogens is 2. The third-order valence-corrected chi connectivity index (χ3v) is 8.59. The fourth-order valence-corrected chi connectivity index (χ4v) is 5.58. The van der Waals surface area contributed by atoms with Crippen molar-refractivity contribution < 1.29 is 23.9 Å².